The largest absolute Gasteiger partial charge is 0.336 e. The highest BCUT2D eigenvalue weighted by atomic mass is 19.1. The Morgan fingerprint density at radius 3 is 2.10 bits per heavy atom. The maximum atomic E-state index is 12.9. The summed E-state index contributed by atoms with van der Waals surface area (Å²) in [5.74, 6) is -0.736. The molecule has 1 aliphatic rings. The fraction of sp³-hybridized carbons (Fsp3) is 0.125. The first-order valence-corrected chi connectivity index (χ1v) is 6.53. The van der Waals surface area contributed by atoms with Crippen molar-refractivity contribution in [3.8, 4) is 0 Å². The highest BCUT2D eigenvalue weighted by Gasteiger charge is 2.37. The van der Waals surface area contributed by atoms with E-state index in [4.69, 9.17) is 0 Å². The number of hydrogen-bond donors (Lipinski definition) is 0. The lowest BCUT2D eigenvalue weighted by atomic mass is 10.2. The van der Waals surface area contributed by atoms with Crippen LogP contribution in [0.1, 0.15) is 5.56 Å². The van der Waals surface area contributed by atoms with E-state index in [-0.39, 0.29) is 12.5 Å². The van der Waals surface area contributed by atoms with Crippen LogP contribution in [0.3, 0.4) is 0 Å². The lowest BCUT2D eigenvalue weighted by molar-refractivity contribution is -0.115. The minimum atomic E-state index is -0.421. The second-order valence-electron chi connectivity index (χ2n) is 4.91. The van der Waals surface area contributed by atoms with Gasteiger partial charge in [-0.05, 0) is 43.3 Å². The third-order valence-corrected chi connectivity index (χ3v) is 3.40. The van der Waals surface area contributed by atoms with Crippen molar-refractivity contribution >= 4 is 23.3 Å². The smallest absolute Gasteiger partial charge is 0.284 e. The van der Waals surface area contributed by atoms with E-state index in [0.29, 0.717) is 11.4 Å². The topological polar surface area (TPSA) is 40.6 Å². The molecule has 1 aliphatic heterocycles. The summed E-state index contributed by atoms with van der Waals surface area (Å²) in [5.41, 5.74) is 2.12. The van der Waals surface area contributed by atoms with Gasteiger partial charge in [-0.3, -0.25) is 9.69 Å². The molecule has 106 valence electrons. The van der Waals surface area contributed by atoms with Gasteiger partial charge < -0.3 is 0 Å². The number of nitrogens with zero attached hydrogens (tertiary/aromatic N) is 2. The lowest BCUT2D eigenvalue weighted by Crippen LogP contribution is -2.32. The van der Waals surface area contributed by atoms with Crippen LogP contribution in [-0.4, -0.2) is 18.5 Å². The summed E-state index contributed by atoms with van der Waals surface area (Å²) in [5, 5.41) is 0. The monoisotopic (exact) mass is 284 g/mol. The van der Waals surface area contributed by atoms with Gasteiger partial charge in [-0.25, -0.2) is 14.1 Å². The van der Waals surface area contributed by atoms with Gasteiger partial charge in [0, 0.05) is 5.69 Å². The normalized spacial score (nSPS) is 15.0. The zero-order valence-corrected chi connectivity index (χ0v) is 11.4. The molecule has 2 aromatic carbocycles. The Morgan fingerprint density at radius 1 is 0.905 bits per heavy atom. The van der Waals surface area contributed by atoms with Crippen molar-refractivity contribution in [1.82, 2.24) is 0 Å². The van der Waals surface area contributed by atoms with Crippen LogP contribution in [0.2, 0.25) is 0 Å². The Hall–Kier alpha value is -2.69. The summed E-state index contributed by atoms with van der Waals surface area (Å²) in [6.07, 6.45) is 0. The van der Waals surface area contributed by atoms with Crippen molar-refractivity contribution in [2.24, 2.45) is 0 Å². The van der Waals surface area contributed by atoms with E-state index >= 15 is 0 Å². The standard InChI is InChI=1S/C16H13FN2O2/c1-11-2-6-13(7-3-11)18-10-15(20)19(16(18)21)14-8-4-12(17)5-9-14/h2-9H,10H2,1H3. The number of hydrogen-bond acceptors (Lipinski definition) is 2. The quantitative estimate of drug-likeness (QED) is 0.795. The maximum absolute atomic E-state index is 12.9. The molecular formula is C16H13FN2O2. The van der Waals surface area contributed by atoms with E-state index < -0.39 is 11.8 Å². The molecule has 21 heavy (non-hydrogen) atoms. The third-order valence-electron chi connectivity index (χ3n) is 3.40. The van der Waals surface area contributed by atoms with Crippen molar-refractivity contribution in [3.05, 3.63) is 59.9 Å². The number of carbonyl (C=O) groups excluding carboxylic acids is 2. The van der Waals surface area contributed by atoms with Gasteiger partial charge >= 0.3 is 6.03 Å². The number of halogens is 1. The molecule has 4 nitrogen and oxygen atoms in total. The second-order valence-corrected chi connectivity index (χ2v) is 4.91. The number of benzene rings is 2. The molecule has 0 saturated carbocycles. The third kappa shape index (κ3) is 2.38. The Labute approximate surface area is 121 Å². The van der Waals surface area contributed by atoms with Gasteiger partial charge in [-0.1, -0.05) is 17.7 Å². The lowest BCUT2D eigenvalue weighted by Gasteiger charge is -2.17. The van der Waals surface area contributed by atoms with E-state index in [2.05, 4.69) is 0 Å². The van der Waals surface area contributed by atoms with Crippen LogP contribution >= 0.6 is 0 Å². The van der Waals surface area contributed by atoms with Crippen LogP contribution in [0.25, 0.3) is 0 Å². The van der Waals surface area contributed by atoms with Gasteiger partial charge in [0.2, 0.25) is 0 Å². The van der Waals surface area contributed by atoms with Gasteiger partial charge in [-0.15, -0.1) is 0 Å². The van der Waals surface area contributed by atoms with E-state index in [9.17, 15) is 14.0 Å². The highest BCUT2D eigenvalue weighted by Crippen LogP contribution is 2.26. The zero-order chi connectivity index (χ0) is 15.0. The van der Waals surface area contributed by atoms with E-state index in [1.807, 2.05) is 19.1 Å². The maximum Gasteiger partial charge on any atom is 0.336 e. The molecule has 3 rings (SSSR count). The minimum Gasteiger partial charge on any atom is -0.284 e. The fourth-order valence-corrected chi connectivity index (χ4v) is 2.27. The van der Waals surface area contributed by atoms with E-state index in [1.165, 1.54) is 29.2 Å². The van der Waals surface area contributed by atoms with E-state index in [0.717, 1.165) is 10.5 Å². The van der Waals surface area contributed by atoms with Crippen molar-refractivity contribution in [2.45, 2.75) is 6.92 Å². The molecule has 5 heteroatoms. The molecule has 1 fully saturated rings. The summed E-state index contributed by atoms with van der Waals surface area (Å²) in [4.78, 5) is 27.0. The van der Waals surface area contributed by atoms with Gasteiger partial charge in [0.25, 0.3) is 5.91 Å². The van der Waals surface area contributed by atoms with Gasteiger partial charge in [0.05, 0.1) is 5.69 Å². The van der Waals surface area contributed by atoms with Crippen molar-refractivity contribution in [3.63, 3.8) is 0 Å². The molecule has 0 N–H and O–H groups in total. The van der Waals surface area contributed by atoms with Crippen LogP contribution in [0.15, 0.2) is 48.5 Å². The molecule has 0 unspecified atom stereocenters. The summed E-state index contributed by atoms with van der Waals surface area (Å²) in [7, 11) is 0. The Balaban J connectivity index is 1.92. The molecular weight excluding hydrogens is 271 g/mol. The zero-order valence-electron chi connectivity index (χ0n) is 11.4. The number of anilines is 2. The van der Waals surface area contributed by atoms with Crippen LogP contribution in [0.4, 0.5) is 20.6 Å². The molecule has 2 aromatic rings. The summed E-state index contributed by atoms with van der Waals surface area (Å²) >= 11 is 0. The molecule has 0 radical (unpaired) electrons. The number of urea groups is 1. The SMILES string of the molecule is Cc1ccc(N2CC(=O)N(c3ccc(F)cc3)C2=O)cc1. The average Bonchev–Trinajstić information content (AvgIpc) is 2.76. The minimum absolute atomic E-state index is 0.0146. The fourth-order valence-electron chi connectivity index (χ4n) is 2.27. The number of aryl methyl sites for hydroxylation is 1. The van der Waals surface area contributed by atoms with Crippen molar-refractivity contribution in [2.75, 3.05) is 16.3 Å². The number of amides is 3. The number of carbonyl (C=O) groups is 2. The molecule has 0 bridgehead atoms. The second kappa shape index (κ2) is 5.01. The molecule has 1 heterocycles. The molecule has 0 atom stereocenters. The molecule has 0 aromatic heterocycles. The Bertz CT molecular complexity index is 695. The predicted octanol–water partition coefficient (Wildman–Crippen LogP) is 3.11. The molecule has 0 spiro atoms. The summed E-state index contributed by atoms with van der Waals surface area (Å²) in [6.45, 7) is 1.94. The van der Waals surface area contributed by atoms with Gasteiger partial charge in [0.15, 0.2) is 0 Å². The van der Waals surface area contributed by atoms with Crippen molar-refractivity contribution in [1.29, 1.82) is 0 Å². The van der Waals surface area contributed by atoms with Crippen LogP contribution < -0.4 is 9.80 Å². The first kappa shape index (κ1) is 13.3. The van der Waals surface area contributed by atoms with Crippen LogP contribution in [0.5, 0.6) is 0 Å². The summed E-state index contributed by atoms with van der Waals surface area (Å²) < 4.78 is 12.9. The molecule has 3 amide bonds. The highest BCUT2D eigenvalue weighted by molar-refractivity contribution is 6.26. The number of imide groups is 1. The van der Waals surface area contributed by atoms with Gasteiger partial charge in [-0.2, -0.15) is 0 Å². The van der Waals surface area contributed by atoms with Crippen LogP contribution in [-0.2, 0) is 4.79 Å². The average molecular weight is 284 g/mol. The number of rotatable bonds is 2. The first-order valence-electron chi connectivity index (χ1n) is 6.53. The van der Waals surface area contributed by atoms with Crippen molar-refractivity contribution < 1.29 is 14.0 Å². The van der Waals surface area contributed by atoms with Gasteiger partial charge in [0.1, 0.15) is 12.4 Å². The first-order chi connectivity index (χ1) is 10.1. The Morgan fingerprint density at radius 2 is 1.48 bits per heavy atom. The molecule has 1 saturated heterocycles. The predicted molar refractivity (Wildman–Crippen MR) is 77.8 cm³/mol. The van der Waals surface area contributed by atoms with E-state index in [1.54, 1.807) is 12.1 Å². The van der Waals surface area contributed by atoms with Crippen LogP contribution in [0, 0.1) is 12.7 Å². The Kier molecular flexibility index (Phi) is 3.17. The molecule has 0 aliphatic carbocycles. The summed E-state index contributed by atoms with van der Waals surface area (Å²) in [6, 6.07) is 12.2.